The Balaban J connectivity index is 1.63. The van der Waals surface area contributed by atoms with E-state index in [2.05, 4.69) is 20.9 Å². The molecule has 1 aromatic heterocycles. The largest absolute Gasteiger partial charge is 0.481 e. The summed E-state index contributed by atoms with van der Waals surface area (Å²) in [6, 6.07) is 12.6. The molecule has 3 aromatic rings. The topological polar surface area (TPSA) is 170 Å². The number of aromatic amines is 1. The minimum Gasteiger partial charge on any atom is -0.481 e. The molecule has 2 heterocycles. The number of aliphatic carboxylic acids is 1. The Labute approximate surface area is 268 Å². The molecule has 0 unspecified atom stereocenters. The lowest BCUT2D eigenvalue weighted by molar-refractivity contribution is -0.152. The third-order valence-corrected chi connectivity index (χ3v) is 7.66. The Hall–Kier alpha value is -4.87. The number of fused-ring (bicyclic) bond motifs is 1. The van der Waals surface area contributed by atoms with Gasteiger partial charge in [-0.25, -0.2) is 4.79 Å². The normalized spacial score (nSPS) is 18.0. The third-order valence-electron chi connectivity index (χ3n) is 7.66. The van der Waals surface area contributed by atoms with Crippen molar-refractivity contribution in [3.05, 3.63) is 71.9 Å². The van der Waals surface area contributed by atoms with Crippen LogP contribution in [0.3, 0.4) is 0 Å². The van der Waals surface area contributed by atoms with Gasteiger partial charge in [0.2, 0.25) is 17.7 Å². The van der Waals surface area contributed by atoms with E-state index in [4.69, 9.17) is 4.74 Å². The van der Waals surface area contributed by atoms with Crippen LogP contribution in [0.1, 0.15) is 64.6 Å². The summed E-state index contributed by atoms with van der Waals surface area (Å²) in [6.45, 7) is 8.93. The maximum Gasteiger partial charge on any atom is 0.408 e. The lowest BCUT2D eigenvalue weighted by Gasteiger charge is -2.41. The quantitative estimate of drug-likeness (QED) is 0.215. The lowest BCUT2D eigenvalue weighted by atomic mass is 9.96. The van der Waals surface area contributed by atoms with Crippen LogP contribution in [0.4, 0.5) is 4.79 Å². The maximum atomic E-state index is 14.2. The van der Waals surface area contributed by atoms with Crippen molar-refractivity contribution in [3.8, 4) is 0 Å². The zero-order chi connectivity index (χ0) is 33.6. The number of piperazine rings is 1. The number of ether oxygens (including phenoxy) is 1. The smallest absolute Gasteiger partial charge is 0.408 e. The fourth-order valence-corrected chi connectivity index (χ4v) is 5.61. The number of hydrogen-bond acceptors (Lipinski definition) is 6. The third kappa shape index (κ3) is 8.86. The molecule has 0 saturated carbocycles. The molecule has 5 N–H and O–H groups in total. The zero-order valence-electron chi connectivity index (χ0n) is 26.8. The van der Waals surface area contributed by atoms with Gasteiger partial charge in [-0.15, -0.1) is 0 Å². The van der Waals surface area contributed by atoms with Crippen LogP contribution in [0.15, 0.2) is 60.8 Å². The molecule has 1 fully saturated rings. The van der Waals surface area contributed by atoms with Gasteiger partial charge in [0.05, 0.1) is 12.5 Å². The molecule has 12 nitrogen and oxygen atoms in total. The number of nitrogens with zero attached hydrogens (tertiary/aromatic N) is 1. The van der Waals surface area contributed by atoms with E-state index in [-0.39, 0.29) is 25.3 Å². The van der Waals surface area contributed by atoms with E-state index >= 15 is 0 Å². The molecule has 46 heavy (non-hydrogen) atoms. The number of hydrogen-bond donors (Lipinski definition) is 5. The predicted octanol–water partition coefficient (Wildman–Crippen LogP) is 3.68. The van der Waals surface area contributed by atoms with Gasteiger partial charge in [-0.1, -0.05) is 62.4 Å². The average Bonchev–Trinajstić information content (AvgIpc) is 3.38. The van der Waals surface area contributed by atoms with Crippen LogP contribution >= 0.6 is 0 Å². The van der Waals surface area contributed by atoms with E-state index < -0.39 is 66.0 Å². The minimum atomic E-state index is -1.27. The summed E-state index contributed by atoms with van der Waals surface area (Å²) in [4.78, 5) is 70.4. The average molecular weight is 634 g/mol. The second-order valence-corrected chi connectivity index (χ2v) is 13.0. The van der Waals surface area contributed by atoms with Crippen molar-refractivity contribution >= 4 is 40.7 Å². The van der Waals surface area contributed by atoms with Crippen molar-refractivity contribution in [3.63, 3.8) is 0 Å². The van der Waals surface area contributed by atoms with Gasteiger partial charge in [0, 0.05) is 30.1 Å². The molecule has 4 amide bonds. The summed E-state index contributed by atoms with van der Waals surface area (Å²) < 4.78 is 5.44. The highest BCUT2D eigenvalue weighted by molar-refractivity contribution is 5.96. The number of carboxylic acids is 1. The molecule has 1 aliphatic heterocycles. The first-order chi connectivity index (χ1) is 21.7. The summed E-state index contributed by atoms with van der Waals surface area (Å²) in [6.07, 6.45) is 0.696. The molecular formula is C34H43N5O7. The fourth-order valence-electron chi connectivity index (χ4n) is 5.61. The minimum absolute atomic E-state index is 0.0198. The van der Waals surface area contributed by atoms with Crippen LogP contribution < -0.4 is 16.0 Å². The van der Waals surface area contributed by atoms with Crippen molar-refractivity contribution < 1.29 is 33.8 Å². The number of carboxylic acid groups (broad SMARTS) is 1. The summed E-state index contributed by atoms with van der Waals surface area (Å²) in [5.41, 5.74) is 1.58. The van der Waals surface area contributed by atoms with Crippen LogP contribution in [0, 0.1) is 5.92 Å². The number of carbonyl (C=O) groups excluding carboxylic acids is 4. The maximum absolute atomic E-state index is 14.2. The van der Waals surface area contributed by atoms with Crippen molar-refractivity contribution in [2.24, 2.45) is 5.92 Å². The molecule has 2 aromatic carbocycles. The zero-order valence-corrected chi connectivity index (χ0v) is 26.8. The number of aromatic nitrogens is 1. The Bertz CT molecular complexity index is 1560. The Morgan fingerprint density at radius 3 is 2.33 bits per heavy atom. The second-order valence-electron chi connectivity index (χ2n) is 13.0. The SMILES string of the molecule is CC(C)C[C@H](NC(=O)[C@H](Cc1c[nH]c2ccccc12)NC(=O)OC(C)(C)C)C(=O)N1C[C@H](c2ccccc2)NC(=O)[C@@H]1CC(=O)O. The van der Waals surface area contributed by atoms with Crippen molar-refractivity contribution in [2.75, 3.05) is 6.54 Å². The van der Waals surface area contributed by atoms with Crippen LogP contribution in [-0.2, 0) is 30.3 Å². The number of nitrogens with one attached hydrogen (secondary N) is 4. The predicted molar refractivity (Wildman–Crippen MR) is 172 cm³/mol. The first kappa shape index (κ1) is 34.0. The number of para-hydroxylation sites is 1. The van der Waals surface area contributed by atoms with Gasteiger partial charge < -0.3 is 35.7 Å². The molecule has 0 spiro atoms. The van der Waals surface area contributed by atoms with Crippen molar-refractivity contribution in [1.82, 2.24) is 25.8 Å². The molecule has 0 bridgehead atoms. The molecular weight excluding hydrogens is 590 g/mol. The summed E-state index contributed by atoms with van der Waals surface area (Å²) in [5, 5.41) is 18.8. The molecule has 4 atom stereocenters. The van der Waals surface area contributed by atoms with Crippen LogP contribution in [0.5, 0.6) is 0 Å². The first-order valence-corrected chi connectivity index (χ1v) is 15.4. The summed E-state index contributed by atoms with van der Waals surface area (Å²) >= 11 is 0. The van der Waals surface area contributed by atoms with Gasteiger partial charge in [0.1, 0.15) is 23.7 Å². The van der Waals surface area contributed by atoms with Crippen LogP contribution in [0.2, 0.25) is 0 Å². The van der Waals surface area contributed by atoms with Gasteiger partial charge in [-0.2, -0.15) is 0 Å². The molecule has 4 rings (SSSR count). The Morgan fingerprint density at radius 1 is 1.00 bits per heavy atom. The summed E-state index contributed by atoms with van der Waals surface area (Å²) in [5.74, 6) is -3.07. The molecule has 0 aliphatic carbocycles. The molecule has 1 saturated heterocycles. The number of H-pyrrole nitrogens is 1. The van der Waals surface area contributed by atoms with Gasteiger partial charge in [0.25, 0.3) is 0 Å². The molecule has 1 aliphatic rings. The van der Waals surface area contributed by atoms with Gasteiger partial charge in [-0.05, 0) is 50.3 Å². The highest BCUT2D eigenvalue weighted by atomic mass is 16.6. The lowest BCUT2D eigenvalue weighted by Crippen LogP contribution is -2.63. The van der Waals surface area contributed by atoms with E-state index in [1.54, 1.807) is 27.0 Å². The van der Waals surface area contributed by atoms with Crippen molar-refractivity contribution in [2.45, 2.75) is 83.6 Å². The van der Waals surface area contributed by atoms with Gasteiger partial charge in [-0.3, -0.25) is 19.2 Å². The van der Waals surface area contributed by atoms with E-state index in [0.717, 1.165) is 22.0 Å². The van der Waals surface area contributed by atoms with Crippen molar-refractivity contribution in [1.29, 1.82) is 0 Å². The number of amides is 4. The highest BCUT2D eigenvalue weighted by Gasteiger charge is 2.42. The first-order valence-electron chi connectivity index (χ1n) is 15.4. The molecule has 12 heteroatoms. The van der Waals surface area contributed by atoms with Gasteiger partial charge >= 0.3 is 12.1 Å². The Kier molecular flexibility index (Phi) is 10.7. The number of alkyl carbamates (subject to hydrolysis) is 1. The highest BCUT2D eigenvalue weighted by Crippen LogP contribution is 2.25. The fraction of sp³-hybridized carbons (Fsp3) is 0.441. The Morgan fingerprint density at radius 2 is 1.67 bits per heavy atom. The number of carbonyl (C=O) groups is 5. The summed E-state index contributed by atoms with van der Waals surface area (Å²) in [7, 11) is 0. The van der Waals surface area contributed by atoms with E-state index in [1.807, 2.05) is 68.4 Å². The number of benzene rings is 2. The van der Waals surface area contributed by atoms with Crippen LogP contribution in [-0.4, -0.2) is 75.0 Å². The van der Waals surface area contributed by atoms with E-state index in [9.17, 15) is 29.1 Å². The van der Waals surface area contributed by atoms with E-state index in [0.29, 0.717) is 0 Å². The number of rotatable bonds is 11. The molecule has 246 valence electrons. The van der Waals surface area contributed by atoms with Gasteiger partial charge in [0.15, 0.2) is 0 Å². The van der Waals surface area contributed by atoms with E-state index in [1.165, 1.54) is 4.90 Å². The monoisotopic (exact) mass is 633 g/mol. The van der Waals surface area contributed by atoms with Crippen LogP contribution in [0.25, 0.3) is 10.9 Å². The second kappa shape index (κ2) is 14.5. The molecule has 0 radical (unpaired) electrons. The standard InChI is InChI=1S/C34H43N5O7/c1-20(2)15-26(32(44)39-19-27(21-11-7-6-8-12-21)37-31(43)28(39)17-29(40)41)36-30(42)25(38-33(45)46-34(3,4)5)16-22-18-35-24-14-10-9-13-23(22)24/h6-14,18,20,25-28,35H,15-17,19H2,1-5H3,(H,36,42)(H,37,43)(H,38,45)(H,40,41)/t25-,26-,27+,28-/m0/s1.